The Hall–Kier alpha value is -1.85. The number of carbonyl (C=O) groups excluding carboxylic acids is 1. The second-order valence-electron chi connectivity index (χ2n) is 4.55. The number of nitrogens with zero attached hydrogens (tertiary/aromatic N) is 3. The summed E-state index contributed by atoms with van der Waals surface area (Å²) in [6, 6.07) is 5.13. The molecule has 2 aromatic heterocycles. The molecule has 2 aromatic rings. The van der Waals surface area contributed by atoms with Gasteiger partial charge in [-0.3, -0.25) is 4.79 Å². The quantitative estimate of drug-likeness (QED) is 0.678. The van der Waals surface area contributed by atoms with Crippen LogP contribution >= 0.6 is 23.2 Å². The van der Waals surface area contributed by atoms with Crippen LogP contribution in [0.4, 0.5) is 17.3 Å². The predicted octanol–water partition coefficient (Wildman–Crippen LogP) is 3.59. The molecule has 0 saturated carbocycles. The molecule has 0 saturated heterocycles. The van der Waals surface area contributed by atoms with E-state index < -0.39 is 0 Å². The van der Waals surface area contributed by atoms with Crippen molar-refractivity contribution in [1.82, 2.24) is 9.97 Å². The largest absolute Gasteiger partial charge is 0.319 e. The number of hydrogen-bond donors (Lipinski definition) is 1. The summed E-state index contributed by atoms with van der Waals surface area (Å²) in [5, 5.41) is 3.20. The van der Waals surface area contributed by atoms with Crippen LogP contribution in [0, 0.1) is 0 Å². The van der Waals surface area contributed by atoms with Crippen LogP contribution in [0.25, 0.3) is 0 Å². The second-order valence-corrected chi connectivity index (χ2v) is 5.21. The van der Waals surface area contributed by atoms with Crippen molar-refractivity contribution in [2.75, 3.05) is 16.8 Å². The zero-order valence-electron chi connectivity index (χ0n) is 11.2. The van der Waals surface area contributed by atoms with Gasteiger partial charge in [-0.15, -0.1) is 11.6 Å². The zero-order chi connectivity index (χ0) is 15.0. The molecule has 1 N–H and O–H groups in total. The van der Waals surface area contributed by atoms with Gasteiger partial charge >= 0.3 is 0 Å². The minimum atomic E-state index is -0.231. The van der Waals surface area contributed by atoms with Crippen LogP contribution in [-0.4, -0.2) is 22.4 Å². The molecule has 7 heteroatoms. The molecule has 3 rings (SSSR count). The third-order valence-electron chi connectivity index (χ3n) is 3.24. The van der Waals surface area contributed by atoms with E-state index in [2.05, 4.69) is 15.3 Å². The van der Waals surface area contributed by atoms with E-state index in [0.29, 0.717) is 40.5 Å². The van der Waals surface area contributed by atoms with Crippen LogP contribution in [0.1, 0.15) is 22.8 Å². The van der Waals surface area contributed by atoms with Crippen LogP contribution in [-0.2, 0) is 5.88 Å². The molecule has 0 spiro atoms. The lowest BCUT2D eigenvalue weighted by molar-refractivity contribution is 0.102. The fraction of sp³-hybridized carbons (Fsp3) is 0.214. The number of hydrogen-bond acceptors (Lipinski definition) is 4. The van der Waals surface area contributed by atoms with Crippen molar-refractivity contribution in [3.63, 3.8) is 0 Å². The van der Waals surface area contributed by atoms with E-state index in [0.717, 1.165) is 5.56 Å². The highest BCUT2D eigenvalue weighted by molar-refractivity contribution is 6.29. The number of carbonyl (C=O) groups is 1. The van der Waals surface area contributed by atoms with E-state index in [-0.39, 0.29) is 5.91 Å². The fourth-order valence-electron chi connectivity index (χ4n) is 2.27. The Balaban J connectivity index is 2.23. The highest BCUT2D eigenvalue weighted by atomic mass is 35.5. The zero-order valence-corrected chi connectivity index (χ0v) is 12.7. The van der Waals surface area contributed by atoms with Gasteiger partial charge in [0.05, 0.1) is 11.3 Å². The lowest BCUT2D eigenvalue weighted by Gasteiger charge is -2.22. The van der Waals surface area contributed by atoms with Crippen molar-refractivity contribution in [2.24, 2.45) is 0 Å². The lowest BCUT2D eigenvalue weighted by atomic mass is 10.2. The molecule has 0 unspecified atom stereocenters. The average Bonchev–Trinajstić information content (AvgIpc) is 2.61. The van der Waals surface area contributed by atoms with Gasteiger partial charge in [0.25, 0.3) is 5.91 Å². The van der Waals surface area contributed by atoms with E-state index >= 15 is 0 Å². The number of halogens is 2. The molecular formula is C14H12Cl2N4O. The SMILES string of the molecule is CCN1c2nc(Cl)ccc2NC(=O)c2cc(CCl)cnc21. The Bertz CT molecular complexity index is 720. The molecule has 0 bridgehead atoms. The van der Waals surface area contributed by atoms with Gasteiger partial charge in [-0.05, 0) is 30.7 Å². The molecule has 0 aromatic carbocycles. The first kappa shape index (κ1) is 14.1. The van der Waals surface area contributed by atoms with Crippen molar-refractivity contribution in [3.8, 4) is 0 Å². The summed E-state index contributed by atoms with van der Waals surface area (Å²) in [6.45, 7) is 2.57. The minimum absolute atomic E-state index is 0.231. The summed E-state index contributed by atoms with van der Waals surface area (Å²) in [5.74, 6) is 1.21. The Morgan fingerprint density at radius 1 is 1.33 bits per heavy atom. The molecule has 1 aliphatic heterocycles. The molecule has 1 aliphatic rings. The van der Waals surface area contributed by atoms with Gasteiger partial charge in [0.2, 0.25) is 0 Å². The Kier molecular flexibility index (Phi) is 3.69. The van der Waals surface area contributed by atoms with Crippen molar-refractivity contribution in [1.29, 1.82) is 0 Å². The van der Waals surface area contributed by atoms with E-state index in [1.165, 1.54) is 0 Å². The number of rotatable bonds is 2. The maximum absolute atomic E-state index is 12.4. The molecule has 3 heterocycles. The number of fused-ring (bicyclic) bond motifs is 2. The summed E-state index contributed by atoms with van der Waals surface area (Å²) in [5.41, 5.74) is 1.87. The molecule has 1 amide bonds. The van der Waals surface area contributed by atoms with E-state index in [1.54, 1.807) is 24.4 Å². The van der Waals surface area contributed by atoms with Gasteiger partial charge in [-0.1, -0.05) is 11.6 Å². The average molecular weight is 323 g/mol. The maximum Gasteiger partial charge on any atom is 0.259 e. The molecular weight excluding hydrogens is 311 g/mol. The highest BCUT2D eigenvalue weighted by Crippen LogP contribution is 2.36. The molecule has 5 nitrogen and oxygen atoms in total. The number of pyridine rings is 2. The third kappa shape index (κ3) is 2.43. The summed E-state index contributed by atoms with van der Waals surface area (Å²) in [4.78, 5) is 22.9. The Labute approximate surface area is 131 Å². The number of alkyl halides is 1. The molecule has 108 valence electrons. The molecule has 0 radical (unpaired) electrons. The third-order valence-corrected chi connectivity index (χ3v) is 3.76. The van der Waals surface area contributed by atoms with Gasteiger partial charge < -0.3 is 10.2 Å². The predicted molar refractivity (Wildman–Crippen MR) is 83.7 cm³/mol. The first-order valence-electron chi connectivity index (χ1n) is 6.44. The highest BCUT2D eigenvalue weighted by Gasteiger charge is 2.27. The van der Waals surface area contributed by atoms with Gasteiger partial charge in [-0.25, -0.2) is 9.97 Å². The summed E-state index contributed by atoms with van der Waals surface area (Å²) in [6.07, 6.45) is 1.66. The van der Waals surface area contributed by atoms with Gasteiger partial charge in [0.1, 0.15) is 11.0 Å². The summed E-state index contributed by atoms with van der Waals surface area (Å²) < 4.78 is 0. The summed E-state index contributed by atoms with van der Waals surface area (Å²) in [7, 11) is 0. The van der Waals surface area contributed by atoms with Crippen LogP contribution in [0.3, 0.4) is 0 Å². The first-order valence-corrected chi connectivity index (χ1v) is 7.35. The number of anilines is 3. The normalized spacial score (nSPS) is 13.3. The van der Waals surface area contributed by atoms with Crippen LogP contribution < -0.4 is 10.2 Å². The van der Waals surface area contributed by atoms with Crippen LogP contribution in [0.2, 0.25) is 5.15 Å². The molecule has 21 heavy (non-hydrogen) atoms. The monoisotopic (exact) mass is 322 g/mol. The number of amides is 1. The van der Waals surface area contributed by atoms with Gasteiger partial charge in [-0.2, -0.15) is 0 Å². The minimum Gasteiger partial charge on any atom is -0.319 e. The first-order chi connectivity index (χ1) is 10.1. The van der Waals surface area contributed by atoms with Crippen molar-refractivity contribution in [3.05, 3.63) is 40.7 Å². The smallest absolute Gasteiger partial charge is 0.259 e. The molecule has 0 aliphatic carbocycles. The van der Waals surface area contributed by atoms with Gasteiger partial charge in [0, 0.05) is 18.6 Å². The number of aromatic nitrogens is 2. The van der Waals surface area contributed by atoms with Crippen LogP contribution in [0.5, 0.6) is 0 Å². The van der Waals surface area contributed by atoms with Crippen molar-refractivity contribution in [2.45, 2.75) is 12.8 Å². The second kappa shape index (κ2) is 5.50. The van der Waals surface area contributed by atoms with Crippen LogP contribution in [0.15, 0.2) is 24.4 Å². The number of nitrogens with one attached hydrogen (secondary N) is 1. The van der Waals surface area contributed by atoms with Crippen molar-refractivity contribution < 1.29 is 4.79 Å². The Morgan fingerprint density at radius 2 is 2.14 bits per heavy atom. The van der Waals surface area contributed by atoms with Gasteiger partial charge in [0.15, 0.2) is 5.82 Å². The topological polar surface area (TPSA) is 58.1 Å². The van der Waals surface area contributed by atoms with Crippen molar-refractivity contribution >= 4 is 46.4 Å². The maximum atomic E-state index is 12.4. The Morgan fingerprint density at radius 3 is 2.86 bits per heavy atom. The van der Waals surface area contributed by atoms with E-state index in [1.807, 2.05) is 11.8 Å². The van der Waals surface area contributed by atoms with E-state index in [4.69, 9.17) is 23.2 Å². The summed E-state index contributed by atoms with van der Waals surface area (Å²) >= 11 is 11.8. The molecule has 0 atom stereocenters. The molecule has 0 fully saturated rings. The van der Waals surface area contributed by atoms with E-state index in [9.17, 15) is 4.79 Å². The standard InChI is InChI=1S/C14H12Cl2N4O/c1-2-20-12-9(5-8(6-15)7-17-12)14(21)18-10-3-4-11(16)19-13(10)20/h3-5,7H,2,6H2,1H3,(H,18,21). The fourth-order valence-corrected chi connectivity index (χ4v) is 2.56. The lowest BCUT2D eigenvalue weighted by Crippen LogP contribution is -2.20.